The molecule has 1 amide bonds. The van der Waals surface area contributed by atoms with E-state index in [9.17, 15) is 13.6 Å². The standard InChI is InChI=1S/C10H11BrF2N2O/c1-15(3-2-14)10(16)9-7(12)4-6(11)5-8(9)13/h4-5H,2-3,14H2,1H3. The number of nitrogens with zero attached hydrogens (tertiary/aromatic N) is 1. The molecular weight excluding hydrogens is 282 g/mol. The minimum absolute atomic E-state index is 0.238. The lowest BCUT2D eigenvalue weighted by atomic mass is 10.1. The maximum atomic E-state index is 13.4. The van der Waals surface area contributed by atoms with Crippen molar-refractivity contribution in [3.05, 3.63) is 33.8 Å². The molecule has 0 saturated carbocycles. The molecule has 1 aromatic carbocycles. The molecule has 0 aliphatic rings. The third kappa shape index (κ3) is 2.76. The molecule has 0 spiro atoms. The van der Waals surface area contributed by atoms with E-state index in [-0.39, 0.29) is 17.6 Å². The van der Waals surface area contributed by atoms with Gasteiger partial charge in [0.25, 0.3) is 5.91 Å². The third-order valence-electron chi connectivity index (χ3n) is 2.03. The largest absolute Gasteiger partial charge is 0.340 e. The van der Waals surface area contributed by atoms with Crippen LogP contribution in [0.25, 0.3) is 0 Å². The van der Waals surface area contributed by atoms with Crippen LogP contribution in [0.3, 0.4) is 0 Å². The van der Waals surface area contributed by atoms with Crippen LogP contribution in [0.5, 0.6) is 0 Å². The predicted octanol–water partition coefficient (Wildman–Crippen LogP) is 1.76. The average molecular weight is 293 g/mol. The highest BCUT2D eigenvalue weighted by Crippen LogP contribution is 2.20. The zero-order valence-corrected chi connectivity index (χ0v) is 10.2. The zero-order chi connectivity index (χ0) is 12.3. The number of carbonyl (C=O) groups is 1. The summed E-state index contributed by atoms with van der Waals surface area (Å²) in [5.41, 5.74) is 4.70. The molecule has 0 heterocycles. The molecule has 1 rings (SSSR count). The fraction of sp³-hybridized carbons (Fsp3) is 0.300. The Morgan fingerprint density at radius 3 is 2.38 bits per heavy atom. The lowest BCUT2D eigenvalue weighted by Gasteiger charge is -2.16. The zero-order valence-electron chi connectivity index (χ0n) is 8.64. The molecule has 0 radical (unpaired) electrons. The molecule has 88 valence electrons. The van der Waals surface area contributed by atoms with Gasteiger partial charge in [0.05, 0.1) is 0 Å². The van der Waals surface area contributed by atoms with Gasteiger partial charge >= 0.3 is 0 Å². The monoisotopic (exact) mass is 292 g/mol. The summed E-state index contributed by atoms with van der Waals surface area (Å²) < 4.78 is 27.1. The van der Waals surface area contributed by atoms with E-state index < -0.39 is 23.1 Å². The summed E-state index contributed by atoms with van der Waals surface area (Å²) in [5.74, 6) is -2.49. The Morgan fingerprint density at radius 2 is 1.94 bits per heavy atom. The van der Waals surface area contributed by atoms with Crippen LogP contribution in [0.4, 0.5) is 8.78 Å². The Balaban J connectivity index is 3.08. The maximum Gasteiger partial charge on any atom is 0.259 e. The number of halogens is 3. The van der Waals surface area contributed by atoms with Crippen molar-refractivity contribution in [3.63, 3.8) is 0 Å². The van der Waals surface area contributed by atoms with E-state index in [1.54, 1.807) is 0 Å². The molecule has 0 aliphatic carbocycles. The molecule has 0 aliphatic heterocycles. The summed E-state index contributed by atoms with van der Waals surface area (Å²) in [5, 5.41) is 0. The summed E-state index contributed by atoms with van der Waals surface area (Å²) in [7, 11) is 1.44. The Labute approximate surface area is 100 Å². The van der Waals surface area contributed by atoms with Crippen molar-refractivity contribution in [2.45, 2.75) is 0 Å². The number of likely N-dealkylation sites (N-methyl/N-ethyl adjacent to an activating group) is 1. The normalized spacial score (nSPS) is 10.3. The minimum Gasteiger partial charge on any atom is -0.340 e. The quantitative estimate of drug-likeness (QED) is 0.923. The number of hydrogen-bond donors (Lipinski definition) is 1. The number of rotatable bonds is 3. The maximum absolute atomic E-state index is 13.4. The molecule has 3 nitrogen and oxygen atoms in total. The summed E-state index contributed by atoms with van der Waals surface area (Å²) in [6.07, 6.45) is 0. The van der Waals surface area contributed by atoms with Crippen LogP contribution in [0, 0.1) is 11.6 Å². The molecule has 2 N–H and O–H groups in total. The predicted molar refractivity (Wildman–Crippen MR) is 60.1 cm³/mol. The van der Waals surface area contributed by atoms with E-state index in [1.165, 1.54) is 11.9 Å². The van der Waals surface area contributed by atoms with Gasteiger partial charge in [-0.25, -0.2) is 8.78 Å². The Bertz CT molecular complexity index is 389. The van der Waals surface area contributed by atoms with Gasteiger partial charge in [0, 0.05) is 24.6 Å². The second kappa shape index (κ2) is 5.36. The number of benzene rings is 1. The van der Waals surface area contributed by atoms with E-state index in [4.69, 9.17) is 5.73 Å². The van der Waals surface area contributed by atoms with Crippen molar-refractivity contribution >= 4 is 21.8 Å². The summed E-state index contributed by atoms with van der Waals surface area (Å²) >= 11 is 2.94. The molecule has 6 heteroatoms. The molecule has 16 heavy (non-hydrogen) atoms. The number of carbonyl (C=O) groups excluding carboxylic acids is 1. The first-order chi connectivity index (χ1) is 7.47. The van der Waals surface area contributed by atoms with E-state index in [0.29, 0.717) is 0 Å². The SMILES string of the molecule is CN(CCN)C(=O)c1c(F)cc(Br)cc1F. The molecule has 1 aromatic rings. The van der Waals surface area contributed by atoms with Crippen LogP contribution in [0.15, 0.2) is 16.6 Å². The Kier molecular flexibility index (Phi) is 4.37. The molecule has 0 fully saturated rings. The van der Waals surface area contributed by atoms with Crippen LogP contribution in [-0.2, 0) is 0 Å². The van der Waals surface area contributed by atoms with Crippen LogP contribution in [0.2, 0.25) is 0 Å². The molecule has 0 bridgehead atoms. The highest BCUT2D eigenvalue weighted by Gasteiger charge is 2.21. The Hall–Kier alpha value is -1.01. The van der Waals surface area contributed by atoms with Crippen molar-refractivity contribution in [2.24, 2.45) is 5.73 Å². The first kappa shape index (κ1) is 13.1. The van der Waals surface area contributed by atoms with Crippen molar-refractivity contribution in [3.8, 4) is 0 Å². The number of nitrogens with two attached hydrogens (primary N) is 1. The smallest absolute Gasteiger partial charge is 0.259 e. The van der Waals surface area contributed by atoms with Gasteiger partial charge < -0.3 is 10.6 Å². The first-order valence-electron chi connectivity index (χ1n) is 4.57. The highest BCUT2D eigenvalue weighted by atomic mass is 79.9. The van der Waals surface area contributed by atoms with Gasteiger partial charge in [0.15, 0.2) is 0 Å². The third-order valence-corrected chi connectivity index (χ3v) is 2.49. The fourth-order valence-corrected chi connectivity index (χ4v) is 1.63. The first-order valence-corrected chi connectivity index (χ1v) is 5.36. The molecule has 0 saturated heterocycles. The van der Waals surface area contributed by atoms with Gasteiger partial charge in [-0.3, -0.25) is 4.79 Å². The second-order valence-corrected chi connectivity index (χ2v) is 4.18. The van der Waals surface area contributed by atoms with E-state index >= 15 is 0 Å². The van der Waals surface area contributed by atoms with Gasteiger partial charge in [-0.1, -0.05) is 15.9 Å². The van der Waals surface area contributed by atoms with Crippen molar-refractivity contribution < 1.29 is 13.6 Å². The van der Waals surface area contributed by atoms with Crippen LogP contribution < -0.4 is 5.73 Å². The highest BCUT2D eigenvalue weighted by molar-refractivity contribution is 9.10. The van der Waals surface area contributed by atoms with Gasteiger partial charge in [-0.05, 0) is 12.1 Å². The fourth-order valence-electron chi connectivity index (χ4n) is 1.23. The van der Waals surface area contributed by atoms with Crippen molar-refractivity contribution in [2.75, 3.05) is 20.1 Å². The van der Waals surface area contributed by atoms with Gasteiger partial charge in [0.1, 0.15) is 17.2 Å². The summed E-state index contributed by atoms with van der Waals surface area (Å²) in [4.78, 5) is 12.8. The Morgan fingerprint density at radius 1 is 1.44 bits per heavy atom. The molecule has 0 aromatic heterocycles. The van der Waals surface area contributed by atoms with Crippen molar-refractivity contribution in [1.29, 1.82) is 0 Å². The number of hydrogen-bond acceptors (Lipinski definition) is 2. The second-order valence-electron chi connectivity index (χ2n) is 3.26. The summed E-state index contributed by atoms with van der Waals surface area (Å²) in [6, 6.07) is 2.10. The van der Waals surface area contributed by atoms with E-state index in [1.807, 2.05) is 0 Å². The van der Waals surface area contributed by atoms with Crippen molar-refractivity contribution in [1.82, 2.24) is 4.90 Å². The van der Waals surface area contributed by atoms with Crippen LogP contribution >= 0.6 is 15.9 Å². The van der Waals surface area contributed by atoms with Gasteiger partial charge in [-0.15, -0.1) is 0 Å². The average Bonchev–Trinajstić information content (AvgIpc) is 2.16. The van der Waals surface area contributed by atoms with Crippen LogP contribution in [0.1, 0.15) is 10.4 Å². The minimum atomic E-state index is -0.888. The summed E-state index contributed by atoms with van der Waals surface area (Å²) in [6.45, 7) is 0.482. The van der Waals surface area contributed by atoms with Crippen LogP contribution in [-0.4, -0.2) is 30.9 Å². The number of amides is 1. The van der Waals surface area contributed by atoms with Gasteiger partial charge in [-0.2, -0.15) is 0 Å². The lowest BCUT2D eigenvalue weighted by Crippen LogP contribution is -2.32. The van der Waals surface area contributed by atoms with Gasteiger partial charge in [0.2, 0.25) is 0 Å². The molecular formula is C10H11BrF2N2O. The molecule has 0 unspecified atom stereocenters. The lowest BCUT2D eigenvalue weighted by molar-refractivity contribution is 0.0789. The topological polar surface area (TPSA) is 46.3 Å². The molecule has 0 atom stereocenters. The van der Waals surface area contributed by atoms with E-state index in [2.05, 4.69) is 15.9 Å². The van der Waals surface area contributed by atoms with E-state index in [0.717, 1.165) is 12.1 Å².